The van der Waals surface area contributed by atoms with Crippen LogP contribution in [0.25, 0.3) is 11.1 Å². The second-order valence-corrected chi connectivity index (χ2v) is 6.76. The number of anilines is 1. The van der Waals surface area contributed by atoms with Gasteiger partial charge in [0.15, 0.2) is 5.58 Å². The molecule has 21 heavy (non-hydrogen) atoms. The summed E-state index contributed by atoms with van der Waals surface area (Å²) in [6.45, 7) is 0.273. The lowest BCUT2D eigenvalue weighted by atomic mass is 10.1. The van der Waals surface area contributed by atoms with Crippen molar-refractivity contribution in [2.75, 3.05) is 17.2 Å². The van der Waals surface area contributed by atoms with Crippen molar-refractivity contribution in [3.8, 4) is 0 Å². The maximum absolute atomic E-state index is 12.0. The summed E-state index contributed by atoms with van der Waals surface area (Å²) in [6.07, 6.45) is 0.131. The summed E-state index contributed by atoms with van der Waals surface area (Å²) in [7, 11) is -3.61. The number of aromatic amines is 1. The maximum Gasteiger partial charge on any atom is 0.417 e. The largest absolute Gasteiger partial charge is 0.417 e. The first kappa shape index (κ1) is 13.8. The normalized spacial score (nSPS) is 19.6. The first-order valence-electron chi connectivity index (χ1n) is 6.25. The fraction of sp³-hybridized carbons (Fsp3) is 0.333. The summed E-state index contributed by atoms with van der Waals surface area (Å²) in [4.78, 5) is 27.1. The number of nitrogens with one attached hydrogen (secondary N) is 1. The molecule has 1 fully saturated rings. The van der Waals surface area contributed by atoms with Crippen LogP contribution < -0.4 is 15.8 Å². The van der Waals surface area contributed by atoms with Gasteiger partial charge in [0.05, 0.1) is 11.3 Å². The van der Waals surface area contributed by atoms with Gasteiger partial charge in [0.1, 0.15) is 0 Å². The van der Waals surface area contributed by atoms with E-state index in [1.54, 1.807) is 18.2 Å². The van der Waals surface area contributed by atoms with E-state index in [4.69, 9.17) is 9.56 Å². The molecule has 1 amide bonds. The third-order valence-corrected chi connectivity index (χ3v) is 4.33. The fourth-order valence-corrected chi connectivity index (χ4v) is 3.45. The summed E-state index contributed by atoms with van der Waals surface area (Å²) in [6, 6.07) is 4.88. The molecule has 1 aliphatic heterocycles. The molecule has 1 unspecified atom stereocenters. The van der Waals surface area contributed by atoms with Crippen LogP contribution in [-0.2, 0) is 14.8 Å². The molecule has 9 heteroatoms. The second-order valence-electron chi connectivity index (χ2n) is 5.10. The van der Waals surface area contributed by atoms with Gasteiger partial charge in [-0.25, -0.2) is 18.4 Å². The van der Waals surface area contributed by atoms with E-state index in [9.17, 15) is 18.0 Å². The zero-order valence-corrected chi connectivity index (χ0v) is 11.7. The van der Waals surface area contributed by atoms with Crippen molar-refractivity contribution < 1.29 is 17.6 Å². The van der Waals surface area contributed by atoms with Crippen molar-refractivity contribution in [1.82, 2.24) is 4.98 Å². The van der Waals surface area contributed by atoms with Crippen LogP contribution in [-0.4, -0.2) is 31.6 Å². The molecule has 1 saturated heterocycles. The molecule has 1 atom stereocenters. The summed E-state index contributed by atoms with van der Waals surface area (Å²) in [5.74, 6) is -1.30. The highest BCUT2D eigenvalue weighted by molar-refractivity contribution is 7.89. The highest BCUT2D eigenvalue weighted by Gasteiger charge is 2.33. The van der Waals surface area contributed by atoms with Gasteiger partial charge in [-0.3, -0.25) is 9.78 Å². The minimum Gasteiger partial charge on any atom is -0.408 e. The van der Waals surface area contributed by atoms with E-state index >= 15 is 0 Å². The SMILES string of the molecule is NS(=O)(=O)CC1CC(=O)N(c2ccc3[nH]c(=O)oc3c2)C1. The highest BCUT2D eigenvalue weighted by atomic mass is 32.2. The van der Waals surface area contributed by atoms with Gasteiger partial charge in [0.25, 0.3) is 0 Å². The molecule has 1 aliphatic rings. The average molecular weight is 311 g/mol. The quantitative estimate of drug-likeness (QED) is 0.809. The van der Waals surface area contributed by atoms with Gasteiger partial charge in [-0.05, 0) is 12.1 Å². The fourth-order valence-electron chi connectivity index (χ4n) is 2.57. The Labute approximate surface area is 119 Å². The monoisotopic (exact) mass is 311 g/mol. The number of carbonyl (C=O) groups is 1. The number of amides is 1. The lowest BCUT2D eigenvalue weighted by molar-refractivity contribution is -0.117. The first-order valence-corrected chi connectivity index (χ1v) is 7.97. The molecule has 112 valence electrons. The number of aromatic nitrogens is 1. The molecule has 2 heterocycles. The number of nitrogens with two attached hydrogens (primary N) is 1. The lowest BCUT2D eigenvalue weighted by Crippen LogP contribution is -2.27. The zero-order chi connectivity index (χ0) is 15.2. The van der Waals surface area contributed by atoms with Crippen molar-refractivity contribution in [3.05, 3.63) is 28.7 Å². The Kier molecular flexibility index (Phi) is 3.10. The number of rotatable bonds is 3. The van der Waals surface area contributed by atoms with E-state index in [-0.39, 0.29) is 30.5 Å². The second kappa shape index (κ2) is 4.71. The number of fused-ring (bicyclic) bond motifs is 1. The van der Waals surface area contributed by atoms with Gasteiger partial charge in [-0.2, -0.15) is 0 Å². The predicted molar refractivity (Wildman–Crippen MR) is 75.3 cm³/mol. The number of sulfonamides is 1. The molecule has 1 aromatic heterocycles. The number of H-pyrrole nitrogens is 1. The van der Waals surface area contributed by atoms with Gasteiger partial charge < -0.3 is 9.32 Å². The minimum absolute atomic E-state index is 0.131. The van der Waals surface area contributed by atoms with Crippen LogP contribution in [0.2, 0.25) is 0 Å². The van der Waals surface area contributed by atoms with Crippen LogP contribution in [0.3, 0.4) is 0 Å². The van der Waals surface area contributed by atoms with Crippen LogP contribution in [0, 0.1) is 5.92 Å². The predicted octanol–water partition coefficient (Wildman–Crippen LogP) is -0.237. The Hall–Kier alpha value is -2.13. The topological polar surface area (TPSA) is 126 Å². The van der Waals surface area contributed by atoms with E-state index in [0.717, 1.165) is 0 Å². The molecular formula is C12H13N3O5S. The van der Waals surface area contributed by atoms with Crippen LogP contribution in [0.4, 0.5) is 5.69 Å². The van der Waals surface area contributed by atoms with E-state index in [1.165, 1.54) is 4.90 Å². The zero-order valence-electron chi connectivity index (χ0n) is 10.9. The Balaban J connectivity index is 1.88. The molecular weight excluding hydrogens is 298 g/mol. The number of hydrogen-bond acceptors (Lipinski definition) is 5. The Morgan fingerprint density at radius 2 is 2.14 bits per heavy atom. The van der Waals surface area contributed by atoms with Gasteiger partial charge in [0, 0.05) is 30.6 Å². The van der Waals surface area contributed by atoms with E-state index in [0.29, 0.717) is 16.8 Å². The van der Waals surface area contributed by atoms with E-state index in [1.807, 2.05) is 0 Å². The molecule has 1 aromatic carbocycles. The highest BCUT2D eigenvalue weighted by Crippen LogP contribution is 2.27. The molecule has 0 aliphatic carbocycles. The number of primary sulfonamides is 1. The van der Waals surface area contributed by atoms with Crippen LogP contribution in [0.15, 0.2) is 27.4 Å². The Morgan fingerprint density at radius 1 is 1.38 bits per heavy atom. The van der Waals surface area contributed by atoms with Crippen LogP contribution in [0.5, 0.6) is 0 Å². The van der Waals surface area contributed by atoms with Crippen molar-refractivity contribution in [2.45, 2.75) is 6.42 Å². The number of carbonyl (C=O) groups excluding carboxylic acids is 1. The number of benzene rings is 1. The molecule has 0 bridgehead atoms. The number of hydrogen-bond donors (Lipinski definition) is 2. The molecule has 0 radical (unpaired) electrons. The number of nitrogens with zero attached hydrogens (tertiary/aromatic N) is 1. The molecule has 3 rings (SSSR count). The minimum atomic E-state index is -3.61. The molecule has 8 nitrogen and oxygen atoms in total. The van der Waals surface area contributed by atoms with Gasteiger partial charge >= 0.3 is 5.76 Å². The summed E-state index contributed by atoms with van der Waals surface area (Å²) >= 11 is 0. The van der Waals surface area contributed by atoms with Crippen molar-refractivity contribution in [3.63, 3.8) is 0 Å². The number of oxazole rings is 1. The van der Waals surface area contributed by atoms with Crippen molar-refractivity contribution >= 4 is 32.7 Å². The van der Waals surface area contributed by atoms with Crippen molar-refractivity contribution in [2.24, 2.45) is 11.1 Å². The molecule has 3 N–H and O–H groups in total. The molecule has 2 aromatic rings. The van der Waals surface area contributed by atoms with E-state index < -0.39 is 15.8 Å². The molecule has 0 spiro atoms. The standard InChI is InChI=1S/C12H13N3O5S/c13-21(18,19)6-7-3-11(16)15(5-7)8-1-2-9-10(4-8)20-12(17)14-9/h1-2,4,7H,3,5-6H2,(H,14,17)(H2,13,18,19). The third-order valence-electron chi connectivity index (χ3n) is 3.39. The Morgan fingerprint density at radius 3 is 2.86 bits per heavy atom. The van der Waals surface area contributed by atoms with Crippen molar-refractivity contribution in [1.29, 1.82) is 0 Å². The van der Waals surface area contributed by atoms with E-state index in [2.05, 4.69) is 4.98 Å². The molecule has 0 saturated carbocycles. The lowest BCUT2D eigenvalue weighted by Gasteiger charge is -2.16. The van der Waals surface area contributed by atoms with Crippen LogP contribution >= 0.6 is 0 Å². The Bertz CT molecular complexity index is 866. The maximum atomic E-state index is 12.0. The first-order chi connectivity index (χ1) is 9.82. The van der Waals surface area contributed by atoms with Crippen LogP contribution in [0.1, 0.15) is 6.42 Å². The summed E-state index contributed by atoms with van der Waals surface area (Å²) < 4.78 is 27.2. The van der Waals surface area contributed by atoms with Gasteiger partial charge in [0.2, 0.25) is 15.9 Å². The summed E-state index contributed by atoms with van der Waals surface area (Å²) in [5.41, 5.74) is 1.45. The smallest absolute Gasteiger partial charge is 0.408 e. The summed E-state index contributed by atoms with van der Waals surface area (Å²) in [5, 5.41) is 5.01. The third kappa shape index (κ3) is 2.83. The van der Waals surface area contributed by atoms with Gasteiger partial charge in [-0.1, -0.05) is 0 Å². The van der Waals surface area contributed by atoms with Gasteiger partial charge in [-0.15, -0.1) is 0 Å². The average Bonchev–Trinajstić information content (AvgIpc) is 2.88.